The Bertz CT molecular complexity index is 873. The fourth-order valence-corrected chi connectivity index (χ4v) is 3.00. The van der Waals surface area contributed by atoms with Crippen LogP contribution in [0.25, 0.3) is 5.69 Å². The van der Waals surface area contributed by atoms with E-state index >= 15 is 0 Å². The summed E-state index contributed by atoms with van der Waals surface area (Å²) in [5, 5.41) is 7.34. The van der Waals surface area contributed by atoms with Gasteiger partial charge in [-0.2, -0.15) is 5.10 Å². The number of rotatable bonds is 4. The molecule has 1 aromatic heterocycles. The molecule has 0 unspecified atom stereocenters. The van der Waals surface area contributed by atoms with Gasteiger partial charge in [0, 0.05) is 18.3 Å². The topological polar surface area (TPSA) is 56.2 Å². The van der Waals surface area contributed by atoms with Crippen molar-refractivity contribution in [2.75, 3.05) is 6.61 Å². The molecule has 2 heterocycles. The lowest BCUT2D eigenvalue weighted by molar-refractivity contribution is -0.126. The molecule has 4 rings (SSSR count). The summed E-state index contributed by atoms with van der Waals surface area (Å²) in [4.78, 5) is 12.4. The second-order valence-corrected chi connectivity index (χ2v) is 6.17. The zero-order chi connectivity index (χ0) is 17.1. The molecule has 1 atom stereocenters. The van der Waals surface area contributed by atoms with Crippen LogP contribution in [0.5, 0.6) is 5.75 Å². The molecule has 0 spiro atoms. The second kappa shape index (κ2) is 6.81. The fraction of sp³-hybridized carbons (Fsp3) is 0.200. The maximum Gasteiger partial charge on any atom is 0.227 e. The summed E-state index contributed by atoms with van der Waals surface area (Å²) in [6.07, 6.45) is 4.42. The standard InChI is InChI=1S/C20H19N3O2/c24-20(17-10-16-6-4-5-9-19(16)25-14-17)21-11-15-12-22-23(13-15)18-7-2-1-3-8-18/h1-9,12-13,17H,10-11,14H2,(H,21,24)/t17-/m1/s1. The summed E-state index contributed by atoms with van der Waals surface area (Å²) in [6, 6.07) is 17.8. The van der Waals surface area contributed by atoms with Crippen molar-refractivity contribution in [3.05, 3.63) is 78.1 Å². The van der Waals surface area contributed by atoms with Gasteiger partial charge in [-0.05, 0) is 30.2 Å². The normalized spacial score (nSPS) is 15.9. The molecular formula is C20H19N3O2. The highest BCUT2D eigenvalue weighted by molar-refractivity contribution is 5.79. The highest BCUT2D eigenvalue weighted by Gasteiger charge is 2.25. The number of para-hydroxylation sites is 2. The Hall–Kier alpha value is -3.08. The van der Waals surface area contributed by atoms with Gasteiger partial charge in [0.15, 0.2) is 0 Å². The third kappa shape index (κ3) is 3.40. The minimum absolute atomic E-state index is 0.0157. The highest BCUT2D eigenvalue weighted by Crippen LogP contribution is 2.26. The molecule has 1 N–H and O–H groups in total. The summed E-state index contributed by atoms with van der Waals surface area (Å²) >= 11 is 0. The molecule has 1 amide bonds. The Morgan fingerprint density at radius 3 is 2.84 bits per heavy atom. The molecule has 5 nitrogen and oxygen atoms in total. The van der Waals surface area contributed by atoms with Crippen LogP contribution >= 0.6 is 0 Å². The number of amides is 1. The average Bonchev–Trinajstić information content (AvgIpc) is 3.15. The van der Waals surface area contributed by atoms with Gasteiger partial charge in [0.25, 0.3) is 0 Å². The molecule has 3 aromatic rings. The fourth-order valence-electron chi connectivity index (χ4n) is 3.00. The van der Waals surface area contributed by atoms with Crippen LogP contribution in [-0.4, -0.2) is 22.3 Å². The molecule has 2 aromatic carbocycles. The van der Waals surface area contributed by atoms with Crippen molar-refractivity contribution in [2.45, 2.75) is 13.0 Å². The first-order valence-electron chi connectivity index (χ1n) is 8.37. The first-order valence-corrected chi connectivity index (χ1v) is 8.37. The van der Waals surface area contributed by atoms with Gasteiger partial charge in [-0.3, -0.25) is 4.79 Å². The van der Waals surface area contributed by atoms with Crippen LogP contribution in [0.3, 0.4) is 0 Å². The number of ether oxygens (including phenoxy) is 1. The lowest BCUT2D eigenvalue weighted by Crippen LogP contribution is -2.36. The number of hydrogen-bond acceptors (Lipinski definition) is 3. The van der Waals surface area contributed by atoms with E-state index < -0.39 is 0 Å². The summed E-state index contributed by atoms with van der Waals surface area (Å²) in [5.74, 6) is 0.747. The van der Waals surface area contributed by atoms with Gasteiger partial charge in [-0.15, -0.1) is 0 Å². The third-order valence-electron chi connectivity index (χ3n) is 4.37. The zero-order valence-electron chi connectivity index (χ0n) is 13.8. The van der Waals surface area contributed by atoms with E-state index in [0.717, 1.165) is 22.6 Å². The summed E-state index contributed by atoms with van der Waals surface area (Å²) in [5.41, 5.74) is 3.05. The maximum absolute atomic E-state index is 12.4. The number of carbonyl (C=O) groups excluding carboxylic acids is 1. The SMILES string of the molecule is O=C(NCc1cnn(-c2ccccc2)c1)[C@H]1COc2ccccc2C1. The Balaban J connectivity index is 1.36. The lowest BCUT2D eigenvalue weighted by Gasteiger charge is -2.24. The monoisotopic (exact) mass is 333 g/mol. The maximum atomic E-state index is 12.4. The van der Waals surface area contributed by atoms with Crippen LogP contribution in [0.1, 0.15) is 11.1 Å². The van der Waals surface area contributed by atoms with E-state index in [9.17, 15) is 4.79 Å². The van der Waals surface area contributed by atoms with Crippen LogP contribution in [0, 0.1) is 5.92 Å². The van der Waals surface area contributed by atoms with Crippen molar-refractivity contribution in [3.8, 4) is 11.4 Å². The van der Waals surface area contributed by atoms with Crippen molar-refractivity contribution in [1.82, 2.24) is 15.1 Å². The molecule has 0 saturated carbocycles. The van der Waals surface area contributed by atoms with Crippen LogP contribution < -0.4 is 10.1 Å². The predicted molar refractivity (Wildman–Crippen MR) is 94.5 cm³/mol. The number of hydrogen-bond donors (Lipinski definition) is 1. The van der Waals surface area contributed by atoms with E-state index in [-0.39, 0.29) is 11.8 Å². The molecule has 1 aliphatic rings. The van der Waals surface area contributed by atoms with Crippen molar-refractivity contribution < 1.29 is 9.53 Å². The minimum atomic E-state index is -0.154. The van der Waals surface area contributed by atoms with Crippen molar-refractivity contribution in [3.63, 3.8) is 0 Å². The Kier molecular flexibility index (Phi) is 4.21. The zero-order valence-corrected chi connectivity index (χ0v) is 13.8. The predicted octanol–water partition coefficient (Wildman–Crippen LogP) is 2.74. The molecule has 0 bridgehead atoms. The molecule has 0 radical (unpaired) electrons. The molecule has 25 heavy (non-hydrogen) atoms. The number of aromatic nitrogens is 2. The minimum Gasteiger partial charge on any atom is -0.492 e. The molecular weight excluding hydrogens is 314 g/mol. The number of carbonyl (C=O) groups is 1. The first kappa shape index (κ1) is 15.4. The Morgan fingerprint density at radius 1 is 1.16 bits per heavy atom. The van der Waals surface area contributed by atoms with Gasteiger partial charge in [0.05, 0.1) is 17.8 Å². The molecule has 0 aliphatic carbocycles. The third-order valence-corrected chi connectivity index (χ3v) is 4.37. The molecule has 1 aliphatic heterocycles. The Morgan fingerprint density at radius 2 is 1.96 bits per heavy atom. The summed E-state index contributed by atoms with van der Waals surface area (Å²) in [6.45, 7) is 0.885. The molecule has 0 fully saturated rings. The second-order valence-electron chi connectivity index (χ2n) is 6.17. The van der Waals surface area contributed by atoms with Crippen molar-refractivity contribution >= 4 is 5.91 Å². The van der Waals surface area contributed by atoms with Gasteiger partial charge >= 0.3 is 0 Å². The molecule has 5 heteroatoms. The quantitative estimate of drug-likeness (QED) is 0.799. The smallest absolute Gasteiger partial charge is 0.227 e. The highest BCUT2D eigenvalue weighted by atomic mass is 16.5. The van der Waals surface area contributed by atoms with Crippen molar-refractivity contribution in [1.29, 1.82) is 0 Å². The van der Waals surface area contributed by atoms with E-state index in [1.54, 1.807) is 10.9 Å². The molecule has 126 valence electrons. The average molecular weight is 333 g/mol. The van der Waals surface area contributed by atoms with Gasteiger partial charge in [0.2, 0.25) is 5.91 Å². The van der Waals surface area contributed by atoms with Gasteiger partial charge < -0.3 is 10.1 Å². The van der Waals surface area contributed by atoms with Crippen molar-refractivity contribution in [2.24, 2.45) is 5.92 Å². The van der Waals surface area contributed by atoms with E-state index in [1.165, 1.54) is 0 Å². The van der Waals surface area contributed by atoms with E-state index in [4.69, 9.17) is 4.74 Å². The number of fused-ring (bicyclic) bond motifs is 1. The lowest BCUT2D eigenvalue weighted by atomic mass is 9.96. The number of nitrogens with zero attached hydrogens (tertiary/aromatic N) is 2. The van der Waals surface area contributed by atoms with E-state index in [1.807, 2.05) is 60.8 Å². The van der Waals surface area contributed by atoms with Gasteiger partial charge in [-0.25, -0.2) is 4.68 Å². The van der Waals surface area contributed by atoms with Crippen LogP contribution in [0.4, 0.5) is 0 Å². The van der Waals surface area contributed by atoms with Gasteiger partial charge in [0.1, 0.15) is 12.4 Å². The summed E-state index contributed by atoms with van der Waals surface area (Å²) in [7, 11) is 0. The van der Waals surface area contributed by atoms with E-state index in [0.29, 0.717) is 19.6 Å². The largest absolute Gasteiger partial charge is 0.492 e. The summed E-state index contributed by atoms with van der Waals surface area (Å²) < 4.78 is 7.50. The van der Waals surface area contributed by atoms with Crippen LogP contribution in [-0.2, 0) is 17.8 Å². The first-order chi connectivity index (χ1) is 12.3. The van der Waals surface area contributed by atoms with Crippen LogP contribution in [0.2, 0.25) is 0 Å². The van der Waals surface area contributed by atoms with Crippen LogP contribution in [0.15, 0.2) is 67.0 Å². The van der Waals surface area contributed by atoms with E-state index in [2.05, 4.69) is 10.4 Å². The van der Waals surface area contributed by atoms with Gasteiger partial charge in [-0.1, -0.05) is 36.4 Å². The number of benzene rings is 2. The molecule has 0 saturated heterocycles. The Labute approximate surface area is 146 Å². The number of nitrogens with one attached hydrogen (secondary N) is 1.